The average Bonchev–Trinajstić information content (AvgIpc) is 2.60. The first-order chi connectivity index (χ1) is 11.9. The summed E-state index contributed by atoms with van der Waals surface area (Å²) in [5.41, 5.74) is 2.58. The Labute approximate surface area is 146 Å². The molecule has 25 heavy (non-hydrogen) atoms. The summed E-state index contributed by atoms with van der Waals surface area (Å²) in [5.74, 6) is -0.314. The first kappa shape index (κ1) is 18.2. The van der Waals surface area contributed by atoms with Crippen molar-refractivity contribution in [2.24, 2.45) is 10.2 Å². The third kappa shape index (κ3) is 4.91. The van der Waals surface area contributed by atoms with Gasteiger partial charge in [0.2, 0.25) is 0 Å². The summed E-state index contributed by atoms with van der Waals surface area (Å²) in [4.78, 5) is 10.8. The molecule has 0 spiro atoms. The molecular formula is C19H20N2O4. The van der Waals surface area contributed by atoms with E-state index < -0.39 is 5.97 Å². The zero-order valence-electron chi connectivity index (χ0n) is 14.2. The smallest absolute Gasteiger partial charge is 0.330 e. The number of azo groups is 1. The second kappa shape index (κ2) is 8.10. The Kier molecular flexibility index (Phi) is 5.89. The Morgan fingerprint density at radius 3 is 2.48 bits per heavy atom. The van der Waals surface area contributed by atoms with Crippen LogP contribution in [-0.2, 0) is 11.2 Å². The minimum absolute atomic E-state index is 0.000973. The van der Waals surface area contributed by atoms with Crippen LogP contribution in [0.4, 0.5) is 11.4 Å². The Bertz CT molecular complexity index is 811. The number of aryl methyl sites for hydroxylation is 2. The number of aliphatic carboxylic acids is 1. The van der Waals surface area contributed by atoms with Gasteiger partial charge in [-0.15, -0.1) is 5.11 Å². The van der Waals surface area contributed by atoms with Crippen LogP contribution < -0.4 is 4.74 Å². The molecule has 2 aromatic rings. The van der Waals surface area contributed by atoms with Gasteiger partial charge in [0.05, 0.1) is 12.8 Å². The number of hydrogen-bond donors (Lipinski definition) is 2. The molecule has 2 aromatic carbocycles. The Balaban J connectivity index is 2.21. The second-order valence-corrected chi connectivity index (χ2v) is 5.60. The lowest BCUT2D eigenvalue weighted by atomic mass is 10.0. The largest absolute Gasteiger partial charge is 0.505 e. The Hall–Kier alpha value is -3.15. The summed E-state index contributed by atoms with van der Waals surface area (Å²) in [6.45, 7) is 5.38. The number of carbonyl (C=O) groups is 1. The van der Waals surface area contributed by atoms with Gasteiger partial charge in [-0.3, -0.25) is 0 Å². The molecule has 0 unspecified atom stereocenters. The van der Waals surface area contributed by atoms with Crippen LogP contribution in [0.1, 0.15) is 17.5 Å². The fraction of sp³-hybridized carbons (Fsp3) is 0.211. The molecule has 2 rings (SSSR count). The van der Waals surface area contributed by atoms with Gasteiger partial charge in [0.15, 0.2) is 0 Å². The third-order valence-corrected chi connectivity index (χ3v) is 3.66. The maximum absolute atomic E-state index is 10.8. The highest BCUT2D eigenvalue weighted by atomic mass is 16.5. The van der Waals surface area contributed by atoms with Crippen molar-refractivity contribution in [1.29, 1.82) is 0 Å². The summed E-state index contributed by atoms with van der Waals surface area (Å²) >= 11 is 0. The van der Waals surface area contributed by atoms with Crippen LogP contribution >= 0.6 is 0 Å². The van der Waals surface area contributed by atoms with Crippen molar-refractivity contribution < 1.29 is 19.7 Å². The van der Waals surface area contributed by atoms with Gasteiger partial charge in [-0.25, -0.2) is 4.79 Å². The van der Waals surface area contributed by atoms with E-state index in [9.17, 15) is 9.90 Å². The molecule has 0 bridgehead atoms. The fourth-order valence-electron chi connectivity index (χ4n) is 2.25. The molecule has 0 saturated carbocycles. The molecule has 0 aliphatic carbocycles. The van der Waals surface area contributed by atoms with E-state index in [4.69, 9.17) is 9.84 Å². The van der Waals surface area contributed by atoms with Crippen LogP contribution in [0.5, 0.6) is 11.5 Å². The maximum atomic E-state index is 10.8. The van der Waals surface area contributed by atoms with Crippen LogP contribution in [0.25, 0.3) is 0 Å². The first-order valence-electron chi connectivity index (χ1n) is 7.70. The molecule has 0 atom stereocenters. The molecule has 2 N–H and O–H groups in total. The molecule has 130 valence electrons. The topological polar surface area (TPSA) is 91.5 Å². The van der Waals surface area contributed by atoms with Crippen molar-refractivity contribution in [3.8, 4) is 11.5 Å². The van der Waals surface area contributed by atoms with Crippen molar-refractivity contribution in [3.63, 3.8) is 0 Å². The van der Waals surface area contributed by atoms with Crippen molar-refractivity contribution in [2.75, 3.05) is 7.11 Å². The van der Waals surface area contributed by atoms with E-state index in [1.165, 1.54) is 0 Å². The van der Waals surface area contributed by atoms with E-state index in [1.807, 2.05) is 6.92 Å². The van der Waals surface area contributed by atoms with E-state index >= 15 is 0 Å². The Morgan fingerprint density at radius 1 is 1.20 bits per heavy atom. The number of methoxy groups -OCH3 is 1. The Morgan fingerprint density at radius 2 is 1.88 bits per heavy atom. The zero-order chi connectivity index (χ0) is 18.4. The number of ether oxygens (including phenoxy) is 1. The zero-order valence-corrected chi connectivity index (χ0v) is 14.2. The number of nitrogens with zero attached hydrogens (tertiary/aromatic N) is 2. The molecule has 0 saturated heterocycles. The van der Waals surface area contributed by atoms with Crippen LogP contribution in [-0.4, -0.2) is 23.3 Å². The highest BCUT2D eigenvalue weighted by Gasteiger charge is 2.11. The summed E-state index contributed by atoms with van der Waals surface area (Å²) in [5, 5.41) is 27.5. The van der Waals surface area contributed by atoms with Crippen molar-refractivity contribution in [2.45, 2.75) is 19.8 Å². The molecule has 6 heteroatoms. The fourth-order valence-corrected chi connectivity index (χ4v) is 2.25. The van der Waals surface area contributed by atoms with E-state index in [0.29, 0.717) is 23.4 Å². The first-order valence-corrected chi connectivity index (χ1v) is 7.70. The standard InChI is InChI=1S/C19H20N2O4/c1-12-10-14(5-4-13(2)19(23)24)18(22)17(11-12)21-20-15-6-8-16(25-3)9-7-15/h6-11,22H,2,4-5H2,1,3H3,(H,23,24). The molecule has 0 fully saturated rings. The summed E-state index contributed by atoms with van der Waals surface area (Å²) in [6, 6.07) is 10.6. The van der Waals surface area contributed by atoms with E-state index in [1.54, 1.807) is 43.5 Å². The third-order valence-electron chi connectivity index (χ3n) is 3.66. The highest BCUT2D eigenvalue weighted by molar-refractivity contribution is 5.85. The number of phenols is 1. The molecule has 0 radical (unpaired) electrons. The number of benzene rings is 2. The van der Waals surface area contributed by atoms with Gasteiger partial charge >= 0.3 is 5.97 Å². The quantitative estimate of drug-likeness (QED) is 0.564. The van der Waals surface area contributed by atoms with Gasteiger partial charge in [0.1, 0.15) is 17.2 Å². The SMILES string of the molecule is C=C(CCc1cc(C)cc(N=Nc2ccc(OC)cc2)c1O)C(=O)O. The minimum Gasteiger partial charge on any atom is -0.505 e. The molecule has 0 aromatic heterocycles. The molecule has 6 nitrogen and oxygen atoms in total. The van der Waals surface area contributed by atoms with Gasteiger partial charge in [0.25, 0.3) is 0 Å². The van der Waals surface area contributed by atoms with Crippen LogP contribution in [0, 0.1) is 6.92 Å². The summed E-state index contributed by atoms with van der Waals surface area (Å²) < 4.78 is 5.08. The predicted molar refractivity (Wildman–Crippen MR) is 95.1 cm³/mol. The molecule has 0 heterocycles. The van der Waals surface area contributed by atoms with E-state index in [-0.39, 0.29) is 17.7 Å². The minimum atomic E-state index is -1.04. The number of rotatable bonds is 7. The van der Waals surface area contributed by atoms with Gasteiger partial charge in [-0.2, -0.15) is 5.11 Å². The number of aromatic hydroxyl groups is 1. The van der Waals surface area contributed by atoms with E-state index in [2.05, 4.69) is 16.8 Å². The number of carboxylic acids is 1. The maximum Gasteiger partial charge on any atom is 0.330 e. The van der Waals surface area contributed by atoms with Gasteiger partial charge in [-0.05, 0) is 61.2 Å². The molecule has 0 aliphatic heterocycles. The van der Waals surface area contributed by atoms with E-state index in [0.717, 1.165) is 11.3 Å². The van der Waals surface area contributed by atoms with Crippen molar-refractivity contribution >= 4 is 17.3 Å². The summed E-state index contributed by atoms with van der Waals surface area (Å²) in [7, 11) is 1.59. The van der Waals surface area contributed by atoms with Crippen LogP contribution in [0.3, 0.4) is 0 Å². The van der Waals surface area contributed by atoms with Gasteiger partial charge in [0, 0.05) is 5.57 Å². The number of carboxylic acid groups (broad SMARTS) is 1. The van der Waals surface area contributed by atoms with Crippen LogP contribution in [0.15, 0.2) is 58.8 Å². The molecule has 0 amide bonds. The highest BCUT2D eigenvalue weighted by Crippen LogP contribution is 2.34. The normalized spacial score (nSPS) is 10.8. The lowest BCUT2D eigenvalue weighted by Crippen LogP contribution is -2.00. The lowest BCUT2D eigenvalue weighted by Gasteiger charge is -2.08. The number of hydrogen-bond acceptors (Lipinski definition) is 5. The van der Waals surface area contributed by atoms with Crippen LogP contribution in [0.2, 0.25) is 0 Å². The van der Waals surface area contributed by atoms with Crippen molar-refractivity contribution in [3.05, 3.63) is 59.7 Å². The monoisotopic (exact) mass is 340 g/mol. The molecular weight excluding hydrogens is 320 g/mol. The average molecular weight is 340 g/mol. The van der Waals surface area contributed by atoms with Gasteiger partial charge in [-0.1, -0.05) is 12.6 Å². The molecule has 0 aliphatic rings. The summed E-state index contributed by atoms with van der Waals surface area (Å²) in [6.07, 6.45) is 0.616. The predicted octanol–water partition coefficient (Wildman–Crippen LogP) is 4.70. The van der Waals surface area contributed by atoms with Crippen molar-refractivity contribution in [1.82, 2.24) is 0 Å². The second-order valence-electron chi connectivity index (χ2n) is 5.60. The lowest BCUT2D eigenvalue weighted by molar-refractivity contribution is -0.132. The van der Waals surface area contributed by atoms with Gasteiger partial charge < -0.3 is 14.9 Å². The number of phenolic OH excluding ortho intramolecular Hbond substituents is 1.